The predicted molar refractivity (Wildman–Crippen MR) is 131 cm³/mol. The molecule has 3 N–H and O–H groups in total. The first kappa shape index (κ1) is 34.4. The summed E-state index contributed by atoms with van der Waals surface area (Å²) in [6, 6.07) is 7.40. The molecule has 0 radical (unpaired) electrons. The zero-order valence-corrected chi connectivity index (χ0v) is 21.8. The monoisotopic (exact) mass is 624 g/mol. The maximum atomic E-state index is 12.4. The number of benzene rings is 1. The normalized spacial score (nSPS) is 11.2. The molecule has 0 saturated heterocycles. The van der Waals surface area contributed by atoms with Gasteiger partial charge >= 0.3 is 18.3 Å². The van der Waals surface area contributed by atoms with Gasteiger partial charge in [0, 0.05) is 24.5 Å². The number of hydrogen-bond donors (Lipinski definition) is 3. The molecule has 1 aromatic carbocycles. The molecule has 2 aromatic heterocycles. The maximum absolute atomic E-state index is 12.4. The largest absolute Gasteiger partial charge is 0.490 e. The highest BCUT2D eigenvalue weighted by atomic mass is 19.4. The molecular formula is C24H23F7N6O6. The van der Waals surface area contributed by atoms with E-state index < -0.39 is 43.4 Å². The number of carboxylic acid groups (broad SMARTS) is 1. The molecule has 234 valence electrons. The fraction of sp³-hybridized carbons (Fsp3) is 0.333. The number of aromatic nitrogens is 4. The zero-order chi connectivity index (χ0) is 32.0. The van der Waals surface area contributed by atoms with Crippen LogP contribution in [0.3, 0.4) is 0 Å². The molecule has 0 aliphatic carbocycles. The molecule has 3 aromatic rings. The van der Waals surface area contributed by atoms with Crippen molar-refractivity contribution >= 4 is 17.8 Å². The number of rotatable bonds is 12. The number of carbonyl (C=O) groups is 3. The van der Waals surface area contributed by atoms with E-state index in [1.54, 1.807) is 29.8 Å². The Morgan fingerprint density at radius 1 is 0.977 bits per heavy atom. The van der Waals surface area contributed by atoms with E-state index in [0.717, 1.165) is 5.56 Å². The minimum Gasteiger partial charge on any atom is -0.489 e. The first-order chi connectivity index (χ1) is 20.2. The van der Waals surface area contributed by atoms with Gasteiger partial charge in [0.1, 0.15) is 31.3 Å². The fourth-order valence-corrected chi connectivity index (χ4v) is 2.87. The molecule has 0 unspecified atom stereocenters. The van der Waals surface area contributed by atoms with Crippen LogP contribution in [0.1, 0.15) is 26.4 Å². The van der Waals surface area contributed by atoms with Crippen molar-refractivity contribution in [2.45, 2.75) is 18.9 Å². The average Bonchev–Trinajstić information content (AvgIpc) is 3.45. The van der Waals surface area contributed by atoms with Gasteiger partial charge in [-0.25, -0.2) is 13.9 Å². The molecular weight excluding hydrogens is 601 g/mol. The van der Waals surface area contributed by atoms with Gasteiger partial charge in [0.15, 0.2) is 5.69 Å². The van der Waals surface area contributed by atoms with Crippen LogP contribution in [0.2, 0.25) is 0 Å². The number of hydrogen-bond acceptors (Lipinski definition) is 8. The highest BCUT2D eigenvalue weighted by molar-refractivity contribution is 5.95. The number of halogens is 7. The van der Waals surface area contributed by atoms with Crippen LogP contribution < -0.4 is 15.4 Å². The highest BCUT2D eigenvalue weighted by Gasteiger charge is 2.38. The standard InChI is InChI=1S/C22H22F4N6O4.C2HF3O2/c23-5-7-35-8-9-36-19-10-16(20(33)29-14-22(24,25)26)3-4-18(19)32-13-17(30-31-32)21(34)28-12-15-2-1-6-27-11-15;3-2(4,5)1(6)7/h1-4,6,10-11,13H,5,7-9,12,14H2,(H,28,34)(H,29,33);(H,6,7). The van der Waals surface area contributed by atoms with Crippen molar-refractivity contribution in [3.63, 3.8) is 0 Å². The summed E-state index contributed by atoms with van der Waals surface area (Å²) in [4.78, 5) is 37.5. The molecule has 12 nitrogen and oxygen atoms in total. The number of carbonyl (C=O) groups excluding carboxylic acids is 2. The van der Waals surface area contributed by atoms with Crippen molar-refractivity contribution in [3.05, 3.63) is 65.7 Å². The molecule has 3 rings (SSSR count). The second-order valence-electron chi connectivity index (χ2n) is 8.03. The van der Waals surface area contributed by atoms with E-state index in [9.17, 15) is 40.3 Å². The van der Waals surface area contributed by atoms with Crippen molar-refractivity contribution in [2.24, 2.45) is 0 Å². The summed E-state index contributed by atoms with van der Waals surface area (Å²) in [5.74, 6) is -4.17. The number of nitrogens with zero attached hydrogens (tertiary/aromatic N) is 4. The Balaban J connectivity index is 0.000000821. The third-order valence-corrected chi connectivity index (χ3v) is 4.77. The van der Waals surface area contributed by atoms with Crippen molar-refractivity contribution in [2.75, 3.05) is 33.0 Å². The molecule has 0 atom stereocenters. The van der Waals surface area contributed by atoms with Gasteiger partial charge in [-0.3, -0.25) is 14.6 Å². The van der Waals surface area contributed by atoms with Crippen molar-refractivity contribution in [1.82, 2.24) is 30.6 Å². The summed E-state index contributed by atoms with van der Waals surface area (Å²) in [7, 11) is 0. The summed E-state index contributed by atoms with van der Waals surface area (Å²) >= 11 is 0. The minimum absolute atomic E-state index is 0.0110. The first-order valence-corrected chi connectivity index (χ1v) is 11.9. The summed E-state index contributed by atoms with van der Waals surface area (Å²) in [5.41, 5.74) is 0.926. The third-order valence-electron chi connectivity index (χ3n) is 4.77. The Morgan fingerprint density at radius 2 is 1.70 bits per heavy atom. The van der Waals surface area contributed by atoms with Crippen LogP contribution in [0.5, 0.6) is 5.75 Å². The second-order valence-corrected chi connectivity index (χ2v) is 8.03. The summed E-state index contributed by atoms with van der Waals surface area (Å²) in [6.07, 6.45) is -5.12. The van der Waals surface area contributed by atoms with Gasteiger partial charge < -0.3 is 25.2 Å². The fourth-order valence-electron chi connectivity index (χ4n) is 2.87. The molecule has 2 amide bonds. The van der Waals surface area contributed by atoms with Crippen molar-refractivity contribution < 1.29 is 59.7 Å². The van der Waals surface area contributed by atoms with Gasteiger partial charge in [0.25, 0.3) is 11.8 Å². The topological polar surface area (TPSA) is 158 Å². The molecule has 2 heterocycles. The highest BCUT2D eigenvalue weighted by Crippen LogP contribution is 2.25. The second kappa shape index (κ2) is 16.0. The van der Waals surface area contributed by atoms with Gasteiger partial charge in [0.05, 0.1) is 19.4 Å². The Morgan fingerprint density at radius 3 is 2.30 bits per heavy atom. The lowest BCUT2D eigenvalue weighted by atomic mass is 10.1. The number of pyridine rings is 1. The van der Waals surface area contributed by atoms with Crippen molar-refractivity contribution in [3.8, 4) is 11.4 Å². The van der Waals surface area contributed by atoms with Crippen LogP contribution >= 0.6 is 0 Å². The molecule has 43 heavy (non-hydrogen) atoms. The molecule has 0 saturated carbocycles. The maximum Gasteiger partial charge on any atom is 0.490 e. The number of ether oxygens (including phenoxy) is 2. The lowest BCUT2D eigenvalue weighted by Crippen LogP contribution is -2.33. The van der Waals surface area contributed by atoms with Crippen LogP contribution in [0.4, 0.5) is 30.7 Å². The van der Waals surface area contributed by atoms with E-state index in [1.807, 2.05) is 0 Å². The first-order valence-electron chi connectivity index (χ1n) is 11.9. The van der Waals surface area contributed by atoms with Gasteiger partial charge in [-0.1, -0.05) is 11.3 Å². The zero-order valence-electron chi connectivity index (χ0n) is 21.8. The quantitative estimate of drug-likeness (QED) is 0.204. The van der Waals surface area contributed by atoms with Gasteiger partial charge in [0.2, 0.25) is 0 Å². The van der Waals surface area contributed by atoms with Crippen LogP contribution in [0, 0.1) is 0 Å². The number of carboxylic acids is 1. The SMILES string of the molecule is O=C(NCC(F)(F)F)c1ccc(-n2cc(C(=O)NCc3cccnc3)nn2)c(OCCOCCF)c1.O=C(O)C(F)(F)F. The molecule has 0 aliphatic heterocycles. The van der Waals surface area contributed by atoms with Crippen molar-refractivity contribution in [1.29, 1.82) is 0 Å². The summed E-state index contributed by atoms with van der Waals surface area (Å²) < 4.78 is 93.1. The molecule has 19 heteroatoms. The molecule has 0 spiro atoms. The summed E-state index contributed by atoms with van der Waals surface area (Å²) in [6.45, 7) is -2.11. The Bertz CT molecular complexity index is 1350. The number of aliphatic carboxylic acids is 1. The third kappa shape index (κ3) is 12.3. The Kier molecular flexibility index (Phi) is 12.8. The number of amides is 2. The number of nitrogens with one attached hydrogen (secondary N) is 2. The lowest BCUT2D eigenvalue weighted by molar-refractivity contribution is -0.192. The average molecular weight is 624 g/mol. The minimum atomic E-state index is -5.08. The van der Waals surface area contributed by atoms with Gasteiger partial charge in [-0.15, -0.1) is 5.10 Å². The van der Waals surface area contributed by atoms with E-state index in [0.29, 0.717) is 0 Å². The van der Waals surface area contributed by atoms with Gasteiger partial charge in [-0.05, 0) is 29.8 Å². The van der Waals surface area contributed by atoms with E-state index in [2.05, 4.69) is 20.6 Å². The van der Waals surface area contributed by atoms with E-state index in [-0.39, 0.29) is 49.1 Å². The smallest absolute Gasteiger partial charge is 0.489 e. The molecule has 0 aliphatic rings. The summed E-state index contributed by atoms with van der Waals surface area (Å²) in [5, 5.41) is 19.3. The number of alkyl halides is 7. The van der Waals surface area contributed by atoms with Crippen LogP contribution in [0.15, 0.2) is 48.9 Å². The van der Waals surface area contributed by atoms with Crippen LogP contribution in [-0.4, -0.2) is 88.3 Å². The van der Waals surface area contributed by atoms with Crippen LogP contribution in [0.25, 0.3) is 5.69 Å². The Hall–Kier alpha value is -4.81. The lowest BCUT2D eigenvalue weighted by Gasteiger charge is -2.14. The molecule has 0 bridgehead atoms. The van der Waals surface area contributed by atoms with Gasteiger partial charge in [-0.2, -0.15) is 26.3 Å². The predicted octanol–water partition coefficient (Wildman–Crippen LogP) is 2.88. The van der Waals surface area contributed by atoms with E-state index >= 15 is 0 Å². The molecule has 0 fully saturated rings. The van der Waals surface area contributed by atoms with E-state index in [4.69, 9.17) is 19.4 Å². The Labute approximate surface area is 237 Å². The van der Waals surface area contributed by atoms with Crippen LogP contribution in [-0.2, 0) is 16.1 Å². The van der Waals surface area contributed by atoms with E-state index in [1.165, 1.54) is 29.1 Å².